The molecule has 7 heteroatoms. The number of nitrogens with zero attached hydrogens (tertiary/aromatic N) is 1. The Hall–Kier alpha value is -2.90. The molecule has 0 unspecified atom stereocenters. The first-order chi connectivity index (χ1) is 13.5. The van der Waals surface area contributed by atoms with Crippen molar-refractivity contribution >= 4 is 10.0 Å². The first-order valence-electron chi connectivity index (χ1n) is 8.74. The lowest BCUT2D eigenvalue weighted by Gasteiger charge is -2.10. The van der Waals surface area contributed by atoms with Crippen LogP contribution in [-0.4, -0.2) is 20.5 Å². The summed E-state index contributed by atoms with van der Waals surface area (Å²) >= 11 is 0. The van der Waals surface area contributed by atoms with Gasteiger partial charge in [0.05, 0.1) is 12.0 Å². The number of rotatable bonds is 8. The molecule has 0 atom stereocenters. The van der Waals surface area contributed by atoms with Crippen LogP contribution >= 0.6 is 0 Å². The molecule has 0 fully saturated rings. The summed E-state index contributed by atoms with van der Waals surface area (Å²) in [6, 6.07) is 18.0. The highest BCUT2D eigenvalue weighted by Crippen LogP contribution is 2.21. The molecule has 2 aromatic carbocycles. The third-order valence-corrected chi connectivity index (χ3v) is 5.57. The molecular weight excluding hydrogens is 376 g/mol. The van der Waals surface area contributed by atoms with E-state index >= 15 is 0 Å². The minimum absolute atomic E-state index is 0.137. The molecule has 0 bridgehead atoms. The molecule has 146 valence electrons. The zero-order valence-corrected chi connectivity index (χ0v) is 16.6. The standard InChI is InChI=1S/C21H22N2O4S/c1-16-12-19(8-9-20(16)26-2)28(24,25)23-14-18-10-11-22-21(13-18)27-15-17-6-4-3-5-7-17/h3-13,23H,14-15H2,1-2H3. The van der Waals surface area contributed by atoms with Crippen LogP contribution in [0.1, 0.15) is 16.7 Å². The summed E-state index contributed by atoms with van der Waals surface area (Å²) in [4.78, 5) is 4.37. The summed E-state index contributed by atoms with van der Waals surface area (Å²) in [6.07, 6.45) is 1.60. The van der Waals surface area contributed by atoms with E-state index in [0.29, 0.717) is 18.2 Å². The number of benzene rings is 2. The van der Waals surface area contributed by atoms with E-state index in [0.717, 1.165) is 16.7 Å². The van der Waals surface area contributed by atoms with Gasteiger partial charge in [-0.1, -0.05) is 30.3 Å². The Morgan fingerprint density at radius 1 is 1.00 bits per heavy atom. The maximum absolute atomic E-state index is 12.6. The molecule has 1 N–H and O–H groups in total. The number of aromatic nitrogens is 1. The normalized spacial score (nSPS) is 11.2. The fourth-order valence-corrected chi connectivity index (χ4v) is 3.75. The predicted molar refractivity (Wildman–Crippen MR) is 107 cm³/mol. The molecule has 0 spiro atoms. The topological polar surface area (TPSA) is 77.5 Å². The molecule has 3 aromatic rings. The van der Waals surface area contributed by atoms with Gasteiger partial charge in [0.15, 0.2) is 0 Å². The molecule has 1 aromatic heterocycles. The van der Waals surface area contributed by atoms with Gasteiger partial charge < -0.3 is 9.47 Å². The number of pyridine rings is 1. The van der Waals surface area contributed by atoms with Crippen LogP contribution in [-0.2, 0) is 23.2 Å². The summed E-state index contributed by atoms with van der Waals surface area (Å²) in [7, 11) is -2.09. The van der Waals surface area contributed by atoms with Gasteiger partial charge in [-0.3, -0.25) is 0 Å². The molecule has 0 saturated heterocycles. The van der Waals surface area contributed by atoms with Gasteiger partial charge in [-0.05, 0) is 47.9 Å². The number of hydrogen-bond acceptors (Lipinski definition) is 5. The second-order valence-electron chi connectivity index (χ2n) is 6.23. The van der Waals surface area contributed by atoms with Crippen LogP contribution in [0.4, 0.5) is 0 Å². The molecule has 0 aliphatic rings. The zero-order chi connectivity index (χ0) is 20.0. The summed E-state index contributed by atoms with van der Waals surface area (Å²) in [5, 5.41) is 0. The van der Waals surface area contributed by atoms with Gasteiger partial charge in [0.2, 0.25) is 15.9 Å². The van der Waals surface area contributed by atoms with Gasteiger partial charge >= 0.3 is 0 Å². The first-order valence-corrected chi connectivity index (χ1v) is 10.2. The monoisotopic (exact) mass is 398 g/mol. The van der Waals surface area contributed by atoms with Crippen molar-refractivity contribution in [1.29, 1.82) is 0 Å². The molecular formula is C21H22N2O4S. The third kappa shape index (κ3) is 5.09. The van der Waals surface area contributed by atoms with E-state index in [4.69, 9.17) is 9.47 Å². The van der Waals surface area contributed by atoms with Crippen LogP contribution in [0.3, 0.4) is 0 Å². The van der Waals surface area contributed by atoms with Crippen LogP contribution in [0.5, 0.6) is 11.6 Å². The number of sulfonamides is 1. The Bertz CT molecular complexity index is 1040. The van der Waals surface area contributed by atoms with Gasteiger partial charge in [-0.2, -0.15) is 0 Å². The highest BCUT2D eigenvalue weighted by Gasteiger charge is 2.15. The Balaban J connectivity index is 1.64. The lowest BCUT2D eigenvalue weighted by molar-refractivity contribution is 0.293. The SMILES string of the molecule is COc1ccc(S(=O)(=O)NCc2ccnc(OCc3ccccc3)c2)cc1C. The molecule has 1 heterocycles. The van der Waals surface area contributed by atoms with Gasteiger partial charge in [0, 0.05) is 18.8 Å². The average molecular weight is 398 g/mol. The van der Waals surface area contributed by atoms with Crippen molar-refractivity contribution in [2.75, 3.05) is 7.11 Å². The van der Waals surface area contributed by atoms with E-state index in [1.165, 1.54) is 6.07 Å². The van der Waals surface area contributed by atoms with Gasteiger partial charge in [-0.25, -0.2) is 18.1 Å². The van der Waals surface area contributed by atoms with Crippen molar-refractivity contribution in [2.45, 2.75) is 25.0 Å². The molecule has 0 aliphatic carbocycles. The number of hydrogen-bond donors (Lipinski definition) is 1. The van der Waals surface area contributed by atoms with Gasteiger partial charge in [0.25, 0.3) is 0 Å². The van der Waals surface area contributed by atoms with Crippen molar-refractivity contribution in [3.05, 3.63) is 83.6 Å². The van der Waals surface area contributed by atoms with Crippen molar-refractivity contribution in [2.24, 2.45) is 0 Å². The third-order valence-electron chi connectivity index (χ3n) is 4.17. The van der Waals surface area contributed by atoms with E-state index in [-0.39, 0.29) is 11.4 Å². The lowest BCUT2D eigenvalue weighted by Crippen LogP contribution is -2.23. The van der Waals surface area contributed by atoms with E-state index in [1.807, 2.05) is 30.3 Å². The number of aryl methyl sites for hydroxylation is 1. The quantitative estimate of drug-likeness (QED) is 0.629. The first kappa shape index (κ1) is 19.9. The second kappa shape index (κ2) is 8.86. The van der Waals surface area contributed by atoms with Crippen molar-refractivity contribution in [1.82, 2.24) is 9.71 Å². The van der Waals surface area contributed by atoms with E-state index in [2.05, 4.69) is 9.71 Å². The second-order valence-corrected chi connectivity index (χ2v) is 8.00. The lowest BCUT2D eigenvalue weighted by atomic mass is 10.2. The summed E-state index contributed by atoms with van der Waals surface area (Å²) in [5.41, 5.74) is 2.54. The largest absolute Gasteiger partial charge is 0.496 e. The number of methoxy groups -OCH3 is 1. The van der Waals surface area contributed by atoms with Gasteiger partial charge in [0.1, 0.15) is 12.4 Å². The predicted octanol–water partition coefficient (Wildman–Crippen LogP) is 3.46. The van der Waals surface area contributed by atoms with Crippen LogP contribution in [0, 0.1) is 6.92 Å². The minimum atomic E-state index is -3.64. The van der Waals surface area contributed by atoms with Crippen LogP contribution < -0.4 is 14.2 Å². The zero-order valence-electron chi connectivity index (χ0n) is 15.8. The maximum atomic E-state index is 12.6. The van der Waals surface area contributed by atoms with Gasteiger partial charge in [-0.15, -0.1) is 0 Å². The smallest absolute Gasteiger partial charge is 0.240 e. The average Bonchev–Trinajstić information content (AvgIpc) is 2.72. The van der Waals surface area contributed by atoms with Crippen molar-refractivity contribution < 1.29 is 17.9 Å². The molecule has 0 aliphatic heterocycles. The fourth-order valence-electron chi connectivity index (χ4n) is 2.65. The number of ether oxygens (including phenoxy) is 2. The summed E-state index contributed by atoms with van der Waals surface area (Å²) < 4.78 is 38.6. The van der Waals surface area contributed by atoms with Crippen LogP contribution in [0.2, 0.25) is 0 Å². The van der Waals surface area contributed by atoms with E-state index in [1.54, 1.807) is 44.5 Å². The molecule has 0 saturated carbocycles. The Labute approximate surface area is 165 Å². The highest BCUT2D eigenvalue weighted by molar-refractivity contribution is 7.89. The van der Waals surface area contributed by atoms with Crippen molar-refractivity contribution in [3.63, 3.8) is 0 Å². The Morgan fingerprint density at radius 2 is 1.79 bits per heavy atom. The molecule has 6 nitrogen and oxygen atoms in total. The minimum Gasteiger partial charge on any atom is -0.496 e. The van der Waals surface area contributed by atoms with E-state index in [9.17, 15) is 8.42 Å². The van der Waals surface area contributed by atoms with Crippen molar-refractivity contribution in [3.8, 4) is 11.6 Å². The van der Waals surface area contributed by atoms with Crippen LogP contribution in [0.15, 0.2) is 71.8 Å². The maximum Gasteiger partial charge on any atom is 0.240 e. The molecule has 0 amide bonds. The van der Waals surface area contributed by atoms with Crippen LogP contribution in [0.25, 0.3) is 0 Å². The summed E-state index contributed by atoms with van der Waals surface area (Å²) in [5.74, 6) is 1.09. The number of nitrogens with one attached hydrogen (secondary N) is 1. The molecule has 28 heavy (non-hydrogen) atoms. The van der Waals surface area contributed by atoms with E-state index < -0.39 is 10.0 Å². The Morgan fingerprint density at radius 3 is 2.50 bits per heavy atom. The fraction of sp³-hybridized carbons (Fsp3) is 0.190. The molecule has 0 radical (unpaired) electrons. The highest BCUT2D eigenvalue weighted by atomic mass is 32.2. The Kier molecular flexibility index (Phi) is 6.28. The molecule has 3 rings (SSSR count). The summed E-state index contributed by atoms with van der Waals surface area (Å²) in [6.45, 7) is 2.34.